The van der Waals surface area contributed by atoms with Crippen molar-refractivity contribution < 1.29 is 13.9 Å². The van der Waals surface area contributed by atoms with Crippen molar-refractivity contribution in [3.63, 3.8) is 0 Å². The normalized spacial score (nSPS) is 10.4. The van der Waals surface area contributed by atoms with Gasteiger partial charge in [0.25, 0.3) is 0 Å². The number of carbonyl (C=O) groups excluding carboxylic acids is 1. The number of hydrogen-bond donors (Lipinski definition) is 2. The number of nitrogens with zero attached hydrogens (tertiary/aromatic N) is 2. The minimum absolute atomic E-state index is 0.143. The molecule has 1 aromatic heterocycles. The highest BCUT2D eigenvalue weighted by Crippen LogP contribution is 2.14. The Morgan fingerprint density at radius 3 is 2.64 bits per heavy atom. The number of aromatic amines is 1. The van der Waals surface area contributed by atoms with Crippen LogP contribution in [0.25, 0.3) is 11.4 Å². The second-order valence-corrected chi connectivity index (χ2v) is 5.30. The van der Waals surface area contributed by atoms with E-state index in [-0.39, 0.29) is 24.7 Å². The predicted octanol–water partition coefficient (Wildman–Crippen LogP) is 2.70. The largest absolute Gasteiger partial charge is 0.493 e. The van der Waals surface area contributed by atoms with Crippen LogP contribution >= 0.6 is 0 Å². The maximum atomic E-state index is 12.9. The molecular weight excluding hydrogens is 323 g/mol. The van der Waals surface area contributed by atoms with Crippen molar-refractivity contribution in [2.75, 3.05) is 6.61 Å². The molecule has 3 aromatic rings. The highest BCUT2D eigenvalue weighted by molar-refractivity contribution is 5.75. The second kappa shape index (κ2) is 8.05. The monoisotopic (exact) mass is 340 g/mol. The van der Waals surface area contributed by atoms with E-state index in [4.69, 9.17) is 4.74 Å². The van der Waals surface area contributed by atoms with E-state index in [1.54, 1.807) is 12.1 Å². The smallest absolute Gasteiger partial charge is 0.223 e. The minimum Gasteiger partial charge on any atom is -0.493 e. The van der Waals surface area contributed by atoms with Crippen LogP contribution in [0.3, 0.4) is 0 Å². The van der Waals surface area contributed by atoms with Crippen molar-refractivity contribution in [3.8, 4) is 17.1 Å². The highest BCUT2D eigenvalue weighted by atomic mass is 19.1. The summed E-state index contributed by atoms with van der Waals surface area (Å²) >= 11 is 0. The Morgan fingerprint density at radius 2 is 1.88 bits per heavy atom. The molecule has 128 valence electrons. The fourth-order valence-corrected chi connectivity index (χ4v) is 2.15. The maximum absolute atomic E-state index is 12.9. The first-order valence-electron chi connectivity index (χ1n) is 7.82. The molecule has 1 amide bonds. The van der Waals surface area contributed by atoms with E-state index in [2.05, 4.69) is 20.5 Å². The minimum atomic E-state index is -0.315. The average Bonchev–Trinajstić information content (AvgIpc) is 3.10. The van der Waals surface area contributed by atoms with E-state index in [0.29, 0.717) is 23.8 Å². The highest BCUT2D eigenvalue weighted by Gasteiger charge is 2.08. The van der Waals surface area contributed by atoms with Crippen LogP contribution in [0.4, 0.5) is 4.39 Å². The molecule has 0 atom stereocenters. The first kappa shape index (κ1) is 16.6. The standard InChI is InChI=1S/C18H17FN4O2/c19-14-8-6-13(7-9-14)18-21-16(22-23-18)12-20-17(24)10-11-25-15-4-2-1-3-5-15/h1-9H,10-12H2,(H,20,24)(H,21,22,23). The van der Waals surface area contributed by atoms with Crippen molar-refractivity contribution in [3.05, 3.63) is 66.2 Å². The number of rotatable bonds is 7. The fraction of sp³-hybridized carbons (Fsp3) is 0.167. The summed E-state index contributed by atoms with van der Waals surface area (Å²) in [5, 5.41) is 9.56. The molecule has 2 aromatic carbocycles. The van der Waals surface area contributed by atoms with Crippen LogP contribution in [-0.2, 0) is 11.3 Å². The maximum Gasteiger partial charge on any atom is 0.223 e. The van der Waals surface area contributed by atoms with Gasteiger partial charge in [0.2, 0.25) is 5.91 Å². The molecule has 0 spiro atoms. The van der Waals surface area contributed by atoms with Gasteiger partial charge in [-0.15, -0.1) is 0 Å². The molecule has 0 bridgehead atoms. The van der Waals surface area contributed by atoms with Crippen molar-refractivity contribution >= 4 is 5.91 Å². The Labute approximate surface area is 144 Å². The summed E-state index contributed by atoms with van der Waals surface area (Å²) in [5.41, 5.74) is 0.700. The zero-order valence-corrected chi connectivity index (χ0v) is 13.4. The first-order valence-corrected chi connectivity index (χ1v) is 7.82. The van der Waals surface area contributed by atoms with Crippen LogP contribution in [0.15, 0.2) is 54.6 Å². The number of nitrogens with one attached hydrogen (secondary N) is 2. The summed E-state index contributed by atoms with van der Waals surface area (Å²) in [6.07, 6.45) is 0.244. The predicted molar refractivity (Wildman–Crippen MR) is 90.2 cm³/mol. The van der Waals surface area contributed by atoms with Crippen LogP contribution in [0.2, 0.25) is 0 Å². The summed E-state index contributed by atoms with van der Waals surface area (Å²) in [5.74, 6) is 1.25. The van der Waals surface area contributed by atoms with E-state index in [1.165, 1.54) is 12.1 Å². The van der Waals surface area contributed by atoms with Gasteiger partial charge in [-0.3, -0.25) is 9.89 Å². The third-order valence-corrected chi connectivity index (χ3v) is 3.43. The third-order valence-electron chi connectivity index (χ3n) is 3.43. The molecule has 2 N–H and O–H groups in total. The first-order chi connectivity index (χ1) is 12.2. The molecular formula is C18H17FN4O2. The topological polar surface area (TPSA) is 79.9 Å². The lowest BCUT2D eigenvalue weighted by Gasteiger charge is -2.06. The summed E-state index contributed by atoms with van der Waals surface area (Å²) < 4.78 is 18.4. The molecule has 0 aliphatic rings. The Morgan fingerprint density at radius 1 is 1.12 bits per heavy atom. The molecule has 0 saturated heterocycles. The van der Waals surface area contributed by atoms with E-state index < -0.39 is 0 Å². The molecule has 0 fully saturated rings. The van der Waals surface area contributed by atoms with Gasteiger partial charge in [-0.05, 0) is 36.4 Å². The molecule has 0 aliphatic heterocycles. The number of amides is 1. The lowest BCUT2D eigenvalue weighted by Crippen LogP contribution is -2.25. The number of benzene rings is 2. The zero-order valence-electron chi connectivity index (χ0n) is 13.4. The Hall–Kier alpha value is -3.22. The average molecular weight is 340 g/mol. The van der Waals surface area contributed by atoms with Gasteiger partial charge in [0.05, 0.1) is 19.6 Å². The van der Waals surface area contributed by atoms with Gasteiger partial charge in [-0.25, -0.2) is 9.37 Å². The molecule has 25 heavy (non-hydrogen) atoms. The lowest BCUT2D eigenvalue weighted by molar-refractivity contribution is -0.121. The van der Waals surface area contributed by atoms with E-state index in [1.807, 2.05) is 30.3 Å². The van der Waals surface area contributed by atoms with Gasteiger partial charge in [-0.2, -0.15) is 5.10 Å². The molecule has 6 nitrogen and oxygen atoms in total. The summed E-state index contributed by atoms with van der Waals surface area (Å²) in [4.78, 5) is 16.1. The van der Waals surface area contributed by atoms with Crippen LogP contribution < -0.4 is 10.1 Å². The quantitative estimate of drug-likeness (QED) is 0.693. The Balaban J connectivity index is 1.44. The van der Waals surface area contributed by atoms with Gasteiger partial charge in [-0.1, -0.05) is 18.2 Å². The number of ether oxygens (including phenoxy) is 1. The van der Waals surface area contributed by atoms with Crippen molar-refractivity contribution in [1.29, 1.82) is 0 Å². The number of H-pyrrole nitrogens is 1. The number of para-hydroxylation sites is 1. The lowest BCUT2D eigenvalue weighted by atomic mass is 10.2. The fourth-order valence-electron chi connectivity index (χ4n) is 2.15. The van der Waals surface area contributed by atoms with Gasteiger partial charge < -0.3 is 10.1 Å². The number of halogens is 1. The second-order valence-electron chi connectivity index (χ2n) is 5.30. The summed E-state index contributed by atoms with van der Waals surface area (Å²) in [6, 6.07) is 15.2. The van der Waals surface area contributed by atoms with E-state index >= 15 is 0 Å². The SMILES string of the molecule is O=C(CCOc1ccccc1)NCc1nc(-c2ccc(F)cc2)n[nH]1. The molecule has 3 rings (SSSR count). The third kappa shape index (κ3) is 4.87. The van der Waals surface area contributed by atoms with E-state index in [9.17, 15) is 9.18 Å². The summed E-state index contributed by atoms with van der Waals surface area (Å²) in [6.45, 7) is 0.533. The molecule has 0 unspecified atom stereocenters. The molecule has 1 heterocycles. The van der Waals surface area contributed by atoms with Crippen LogP contribution in [0, 0.1) is 5.82 Å². The molecule has 0 aliphatic carbocycles. The Kier molecular flexibility index (Phi) is 5.36. The molecule has 0 radical (unpaired) electrons. The van der Waals surface area contributed by atoms with Gasteiger partial charge in [0.1, 0.15) is 17.4 Å². The van der Waals surface area contributed by atoms with Crippen LogP contribution in [0.5, 0.6) is 5.75 Å². The van der Waals surface area contributed by atoms with Crippen LogP contribution in [0.1, 0.15) is 12.2 Å². The number of carbonyl (C=O) groups is 1. The van der Waals surface area contributed by atoms with Gasteiger partial charge in [0, 0.05) is 5.56 Å². The van der Waals surface area contributed by atoms with Crippen molar-refractivity contribution in [1.82, 2.24) is 20.5 Å². The summed E-state index contributed by atoms with van der Waals surface area (Å²) in [7, 11) is 0. The Bertz CT molecular complexity index is 819. The van der Waals surface area contributed by atoms with Gasteiger partial charge in [0.15, 0.2) is 5.82 Å². The van der Waals surface area contributed by atoms with Crippen molar-refractivity contribution in [2.24, 2.45) is 0 Å². The number of aromatic nitrogens is 3. The number of hydrogen-bond acceptors (Lipinski definition) is 4. The molecule has 0 saturated carbocycles. The van der Waals surface area contributed by atoms with E-state index in [0.717, 1.165) is 5.75 Å². The van der Waals surface area contributed by atoms with Crippen molar-refractivity contribution in [2.45, 2.75) is 13.0 Å². The zero-order chi connectivity index (χ0) is 17.5. The van der Waals surface area contributed by atoms with Gasteiger partial charge >= 0.3 is 0 Å². The molecule has 7 heteroatoms. The van der Waals surface area contributed by atoms with Crippen LogP contribution in [-0.4, -0.2) is 27.7 Å².